The van der Waals surface area contributed by atoms with Gasteiger partial charge >= 0.3 is 0 Å². The van der Waals surface area contributed by atoms with Crippen LogP contribution in [0.5, 0.6) is 5.75 Å². The summed E-state index contributed by atoms with van der Waals surface area (Å²) in [4.78, 5) is 7.19. The van der Waals surface area contributed by atoms with E-state index in [1.54, 1.807) is 0 Å². The molecule has 1 aromatic rings. The third-order valence-corrected chi connectivity index (χ3v) is 4.74. The van der Waals surface area contributed by atoms with Crippen molar-refractivity contribution in [3.63, 3.8) is 0 Å². The number of likely N-dealkylation sites (tertiary alicyclic amines) is 1. The van der Waals surface area contributed by atoms with Crippen molar-refractivity contribution >= 4 is 5.69 Å². The molecule has 21 heavy (non-hydrogen) atoms. The molecule has 2 aliphatic heterocycles. The fraction of sp³-hybridized carbons (Fsp3) is 0.647. The normalized spacial score (nSPS) is 25.1. The number of nitrogens with zero attached hydrogens (tertiary/aromatic N) is 3. The number of hydrogen-bond acceptors (Lipinski definition) is 4. The Morgan fingerprint density at radius 3 is 2.67 bits per heavy atom. The maximum absolute atomic E-state index is 6.08. The van der Waals surface area contributed by atoms with Crippen LogP contribution in [0.15, 0.2) is 18.2 Å². The summed E-state index contributed by atoms with van der Waals surface area (Å²) < 4.78 is 6.08. The van der Waals surface area contributed by atoms with Gasteiger partial charge in [-0.2, -0.15) is 0 Å². The highest BCUT2D eigenvalue weighted by Gasteiger charge is 2.42. The first-order chi connectivity index (χ1) is 10.0. The van der Waals surface area contributed by atoms with E-state index in [1.807, 2.05) is 0 Å². The van der Waals surface area contributed by atoms with Crippen LogP contribution in [0, 0.1) is 6.92 Å². The van der Waals surface area contributed by atoms with Gasteiger partial charge < -0.3 is 14.5 Å². The van der Waals surface area contributed by atoms with Crippen LogP contribution in [0.1, 0.15) is 12.0 Å². The van der Waals surface area contributed by atoms with Crippen molar-refractivity contribution in [3.05, 3.63) is 23.8 Å². The van der Waals surface area contributed by atoms with Crippen molar-refractivity contribution in [2.75, 3.05) is 52.3 Å². The van der Waals surface area contributed by atoms with Crippen LogP contribution < -0.4 is 9.64 Å². The molecule has 4 heteroatoms. The Labute approximate surface area is 128 Å². The van der Waals surface area contributed by atoms with E-state index < -0.39 is 0 Å². The summed E-state index contributed by atoms with van der Waals surface area (Å²) in [5, 5.41) is 0. The highest BCUT2D eigenvalue weighted by atomic mass is 16.5. The smallest absolute Gasteiger partial charge is 0.142 e. The molecule has 3 rings (SSSR count). The van der Waals surface area contributed by atoms with Gasteiger partial charge in [-0.1, -0.05) is 6.07 Å². The minimum Gasteiger partial charge on any atom is -0.490 e. The maximum atomic E-state index is 6.08. The monoisotopic (exact) mass is 289 g/mol. The topological polar surface area (TPSA) is 19.0 Å². The van der Waals surface area contributed by atoms with Crippen molar-refractivity contribution in [1.82, 2.24) is 9.80 Å². The van der Waals surface area contributed by atoms with Gasteiger partial charge in [-0.15, -0.1) is 0 Å². The number of hydrogen-bond donors (Lipinski definition) is 0. The Kier molecular flexibility index (Phi) is 4.09. The maximum Gasteiger partial charge on any atom is 0.142 e. The number of fused-ring (bicyclic) bond motifs is 2. The molecule has 4 nitrogen and oxygen atoms in total. The lowest BCUT2D eigenvalue weighted by atomic mass is 10.1. The van der Waals surface area contributed by atoms with E-state index in [0.717, 1.165) is 25.4 Å². The van der Waals surface area contributed by atoms with Gasteiger partial charge in [0.05, 0.1) is 5.69 Å². The summed E-state index contributed by atoms with van der Waals surface area (Å²) in [6.07, 6.45) is 1.29. The summed E-state index contributed by atoms with van der Waals surface area (Å²) in [6, 6.07) is 7.98. The second-order valence-corrected chi connectivity index (χ2v) is 6.76. The van der Waals surface area contributed by atoms with Gasteiger partial charge in [0.15, 0.2) is 0 Å². The lowest BCUT2D eigenvalue weighted by molar-refractivity contribution is 0.259. The molecule has 0 aromatic heterocycles. The van der Waals surface area contributed by atoms with Crippen molar-refractivity contribution in [2.24, 2.45) is 0 Å². The fourth-order valence-electron chi connectivity index (χ4n) is 3.47. The standard InChI is InChI=1S/C17H27N3O/c1-13-5-6-16(17(9-13)21-8-7-18(2)3)20-12-14-10-15(20)11-19(14)4/h5-6,9,14-15H,7-8,10-12H2,1-4H3/t14-,15-/m0/s1. The molecule has 2 fully saturated rings. The highest BCUT2D eigenvalue weighted by molar-refractivity contribution is 5.61. The Balaban J connectivity index is 1.75. The molecule has 0 unspecified atom stereocenters. The molecule has 0 radical (unpaired) electrons. The van der Waals surface area contributed by atoms with Crippen molar-refractivity contribution in [3.8, 4) is 5.75 Å². The molecule has 0 amide bonds. The quantitative estimate of drug-likeness (QED) is 0.823. The zero-order chi connectivity index (χ0) is 15.0. The summed E-state index contributed by atoms with van der Waals surface area (Å²) in [6.45, 7) is 6.13. The number of likely N-dealkylation sites (N-methyl/N-ethyl adjacent to an activating group) is 2. The molecule has 2 atom stereocenters. The Hall–Kier alpha value is -1.26. The molecule has 1 aromatic carbocycles. The average molecular weight is 289 g/mol. The molecule has 0 saturated carbocycles. The average Bonchev–Trinajstić information content (AvgIpc) is 2.97. The first kappa shape index (κ1) is 14.7. The second kappa shape index (κ2) is 5.85. The largest absolute Gasteiger partial charge is 0.490 e. The molecule has 2 bridgehead atoms. The first-order valence-electron chi connectivity index (χ1n) is 7.89. The SMILES string of the molecule is Cc1ccc(N2C[C@@H]3C[C@H]2CN3C)c(OCCN(C)C)c1. The van der Waals surface area contributed by atoms with Crippen LogP contribution in [0.25, 0.3) is 0 Å². The summed E-state index contributed by atoms with van der Waals surface area (Å²) in [5.41, 5.74) is 2.54. The summed E-state index contributed by atoms with van der Waals surface area (Å²) >= 11 is 0. The van der Waals surface area contributed by atoms with Gasteiger partial charge in [-0.3, -0.25) is 4.90 Å². The predicted molar refractivity (Wildman–Crippen MR) is 87.4 cm³/mol. The van der Waals surface area contributed by atoms with Crippen LogP contribution in [0.3, 0.4) is 0 Å². The Morgan fingerprint density at radius 1 is 1.24 bits per heavy atom. The van der Waals surface area contributed by atoms with E-state index in [2.05, 4.69) is 61.0 Å². The molecule has 0 aliphatic carbocycles. The van der Waals surface area contributed by atoms with E-state index >= 15 is 0 Å². The third kappa shape index (κ3) is 3.01. The zero-order valence-corrected chi connectivity index (χ0v) is 13.7. The molecular weight excluding hydrogens is 262 g/mol. The zero-order valence-electron chi connectivity index (χ0n) is 13.7. The van der Waals surface area contributed by atoms with Crippen molar-refractivity contribution in [2.45, 2.75) is 25.4 Å². The molecule has 2 heterocycles. The van der Waals surface area contributed by atoms with Gasteiger partial charge in [0.25, 0.3) is 0 Å². The number of rotatable bonds is 5. The summed E-state index contributed by atoms with van der Waals surface area (Å²) in [5.74, 6) is 1.05. The van der Waals surface area contributed by atoms with Gasteiger partial charge in [0.1, 0.15) is 12.4 Å². The van der Waals surface area contributed by atoms with E-state index in [1.165, 1.54) is 24.2 Å². The van der Waals surface area contributed by atoms with Crippen LogP contribution in [0.4, 0.5) is 5.69 Å². The van der Waals surface area contributed by atoms with Crippen molar-refractivity contribution in [1.29, 1.82) is 0 Å². The second-order valence-electron chi connectivity index (χ2n) is 6.76. The molecule has 0 spiro atoms. The Bertz CT molecular complexity index is 501. The van der Waals surface area contributed by atoms with Crippen molar-refractivity contribution < 1.29 is 4.74 Å². The first-order valence-corrected chi connectivity index (χ1v) is 7.89. The molecule has 0 N–H and O–H groups in total. The third-order valence-electron chi connectivity index (χ3n) is 4.74. The molecule has 2 aliphatic rings. The van der Waals surface area contributed by atoms with E-state index in [-0.39, 0.29) is 0 Å². The number of ether oxygens (including phenoxy) is 1. The van der Waals surface area contributed by atoms with Crippen LogP contribution in [0.2, 0.25) is 0 Å². The van der Waals surface area contributed by atoms with Gasteiger partial charge in [-0.05, 0) is 52.2 Å². The van der Waals surface area contributed by atoms with E-state index in [0.29, 0.717) is 12.1 Å². The fourth-order valence-corrected chi connectivity index (χ4v) is 3.47. The molecule has 116 valence electrons. The molecular formula is C17H27N3O. The minimum atomic E-state index is 0.652. The Morgan fingerprint density at radius 2 is 2.05 bits per heavy atom. The lowest BCUT2D eigenvalue weighted by Crippen LogP contribution is -2.44. The van der Waals surface area contributed by atoms with Gasteiger partial charge in [0, 0.05) is 31.7 Å². The highest BCUT2D eigenvalue weighted by Crippen LogP contribution is 2.38. The number of anilines is 1. The lowest BCUT2D eigenvalue weighted by Gasteiger charge is -2.34. The predicted octanol–water partition coefficient (Wildman–Crippen LogP) is 1.83. The number of benzene rings is 1. The van der Waals surface area contributed by atoms with E-state index in [4.69, 9.17) is 4.74 Å². The number of aryl methyl sites for hydroxylation is 1. The van der Waals surface area contributed by atoms with Gasteiger partial charge in [-0.25, -0.2) is 0 Å². The van der Waals surface area contributed by atoms with Gasteiger partial charge in [0.2, 0.25) is 0 Å². The minimum absolute atomic E-state index is 0.652. The summed E-state index contributed by atoms with van der Waals surface area (Å²) in [7, 11) is 6.40. The number of piperazine rings is 1. The molecule has 2 saturated heterocycles. The van der Waals surface area contributed by atoms with Crippen LogP contribution >= 0.6 is 0 Å². The van der Waals surface area contributed by atoms with E-state index in [9.17, 15) is 0 Å². The van der Waals surface area contributed by atoms with Crippen LogP contribution in [-0.2, 0) is 0 Å². The van der Waals surface area contributed by atoms with Crippen LogP contribution in [-0.4, -0.2) is 69.3 Å².